The monoisotopic (exact) mass is 169 g/mol. The highest BCUT2D eigenvalue weighted by atomic mass is 16.2. The van der Waals surface area contributed by atoms with Crippen LogP contribution in [-0.4, -0.2) is 17.9 Å². The van der Waals surface area contributed by atoms with Gasteiger partial charge in [0.15, 0.2) is 5.96 Å². The van der Waals surface area contributed by atoms with Crippen molar-refractivity contribution in [3.63, 3.8) is 0 Å². The molecule has 1 amide bonds. The molecular formula is C8H15N3O. The molecule has 1 aliphatic heterocycles. The molecule has 0 aromatic heterocycles. The number of aliphatic imine (C=N–C) groups is 1. The molecule has 1 aliphatic rings. The van der Waals surface area contributed by atoms with Gasteiger partial charge in [0.1, 0.15) is 6.04 Å². The lowest BCUT2D eigenvalue weighted by Gasteiger charge is -2.12. The van der Waals surface area contributed by atoms with Crippen LogP contribution in [0.1, 0.15) is 26.7 Å². The lowest BCUT2D eigenvalue weighted by atomic mass is 9.97. The van der Waals surface area contributed by atoms with Gasteiger partial charge in [-0.2, -0.15) is 0 Å². The molecule has 0 bridgehead atoms. The minimum Gasteiger partial charge on any atom is -0.370 e. The zero-order chi connectivity index (χ0) is 9.14. The highest BCUT2D eigenvalue weighted by molar-refractivity contribution is 6.04. The Morgan fingerprint density at radius 3 is 2.83 bits per heavy atom. The third-order valence-electron chi connectivity index (χ3n) is 2.08. The van der Waals surface area contributed by atoms with Crippen LogP contribution in [0.5, 0.6) is 0 Å². The SMILES string of the molecule is CCCC(C)C1N=C(N)NC1=O. The summed E-state index contributed by atoms with van der Waals surface area (Å²) in [5.74, 6) is 0.484. The number of nitrogens with one attached hydrogen (secondary N) is 1. The van der Waals surface area contributed by atoms with Crippen LogP contribution >= 0.6 is 0 Å². The van der Waals surface area contributed by atoms with Gasteiger partial charge < -0.3 is 5.73 Å². The number of hydrogen-bond acceptors (Lipinski definition) is 3. The number of carbonyl (C=O) groups excluding carboxylic acids is 1. The van der Waals surface area contributed by atoms with Crippen molar-refractivity contribution in [2.45, 2.75) is 32.7 Å². The van der Waals surface area contributed by atoms with E-state index in [4.69, 9.17) is 5.73 Å². The van der Waals surface area contributed by atoms with Crippen LogP contribution in [0.25, 0.3) is 0 Å². The van der Waals surface area contributed by atoms with Crippen LogP contribution in [0.4, 0.5) is 0 Å². The lowest BCUT2D eigenvalue weighted by molar-refractivity contribution is -0.121. The molecule has 12 heavy (non-hydrogen) atoms. The molecule has 0 fully saturated rings. The van der Waals surface area contributed by atoms with Crippen molar-refractivity contribution in [3.8, 4) is 0 Å². The molecule has 3 N–H and O–H groups in total. The van der Waals surface area contributed by atoms with Gasteiger partial charge in [0, 0.05) is 0 Å². The van der Waals surface area contributed by atoms with Gasteiger partial charge in [0.2, 0.25) is 0 Å². The molecule has 0 saturated heterocycles. The number of hydrogen-bond donors (Lipinski definition) is 2. The van der Waals surface area contributed by atoms with Gasteiger partial charge in [-0.15, -0.1) is 0 Å². The van der Waals surface area contributed by atoms with Crippen molar-refractivity contribution >= 4 is 11.9 Å². The fourth-order valence-corrected chi connectivity index (χ4v) is 1.44. The van der Waals surface area contributed by atoms with E-state index in [9.17, 15) is 4.79 Å². The summed E-state index contributed by atoms with van der Waals surface area (Å²) in [6, 6.07) is -0.259. The van der Waals surface area contributed by atoms with Gasteiger partial charge in [-0.05, 0) is 12.3 Å². The van der Waals surface area contributed by atoms with Crippen molar-refractivity contribution in [2.24, 2.45) is 16.6 Å². The Morgan fingerprint density at radius 2 is 2.42 bits per heavy atom. The largest absolute Gasteiger partial charge is 0.370 e. The van der Waals surface area contributed by atoms with Gasteiger partial charge >= 0.3 is 0 Å². The maximum absolute atomic E-state index is 11.2. The van der Waals surface area contributed by atoms with Crippen LogP contribution in [0.15, 0.2) is 4.99 Å². The Morgan fingerprint density at radius 1 is 1.75 bits per heavy atom. The number of nitrogens with zero attached hydrogens (tertiary/aromatic N) is 1. The first kappa shape index (κ1) is 9.03. The first-order chi connectivity index (χ1) is 5.65. The first-order valence-electron chi connectivity index (χ1n) is 4.29. The van der Waals surface area contributed by atoms with Crippen molar-refractivity contribution in [2.75, 3.05) is 0 Å². The number of amides is 1. The highest BCUT2D eigenvalue weighted by Crippen LogP contribution is 2.16. The molecule has 0 aromatic rings. The molecule has 1 heterocycles. The third kappa shape index (κ3) is 1.75. The molecular weight excluding hydrogens is 154 g/mol. The van der Waals surface area contributed by atoms with Gasteiger partial charge in [-0.25, -0.2) is 4.99 Å². The Labute approximate surface area is 72.2 Å². The van der Waals surface area contributed by atoms with E-state index in [2.05, 4.69) is 17.2 Å². The normalized spacial score (nSPS) is 25.0. The van der Waals surface area contributed by atoms with E-state index >= 15 is 0 Å². The highest BCUT2D eigenvalue weighted by Gasteiger charge is 2.29. The van der Waals surface area contributed by atoms with Crippen LogP contribution in [0, 0.1) is 5.92 Å². The standard InChI is InChI=1S/C8H15N3O/c1-3-4-5(2)6-7(12)11-8(9)10-6/h5-6H,3-4H2,1-2H3,(H3,9,10,11,12). The molecule has 0 aliphatic carbocycles. The summed E-state index contributed by atoms with van der Waals surface area (Å²) in [5, 5.41) is 2.49. The summed E-state index contributed by atoms with van der Waals surface area (Å²) in [5.41, 5.74) is 5.37. The summed E-state index contributed by atoms with van der Waals surface area (Å²) in [7, 11) is 0. The van der Waals surface area contributed by atoms with Gasteiger partial charge in [0.05, 0.1) is 0 Å². The minimum absolute atomic E-state index is 0.0616. The van der Waals surface area contributed by atoms with E-state index in [1.165, 1.54) is 0 Å². The second kappa shape index (κ2) is 3.56. The summed E-state index contributed by atoms with van der Waals surface area (Å²) >= 11 is 0. The quantitative estimate of drug-likeness (QED) is 0.635. The third-order valence-corrected chi connectivity index (χ3v) is 2.08. The lowest BCUT2D eigenvalue weighted by Crippen LogP contribution is -2.34. The molecule has 4 nitrogen and oxygen atoms in total. The molecule has 68 valence electrons. The number of carbonyl (C=O) groups is 1. The van der Waals surface area contributed by atoms with Crippen LogP contribution in [0.2, 0.25) is 0 Å². The molecule has 4 heteroatoms. The van der Waals surface area contributed by atoms with Gasteiger partial charge in [0.25, 0.3) is 5.91 Å². The summed E-state index contributed by atoms with van der Waals surface area (Å²) in [6.45, 7) is 4.12. The zero-order valence-electron chi connectivity index (χ0n) is 7.50. The second-order valence-corrected chi connectivity index (χ2v) is 3.21. The fourth-order valence-electron chi connectivity index (χ4n) is 1.44. The van der Waals surface area contributed by atoms with Gasteiger partial charge in [-0.1, -0.05) is 20.3 Å². The molecule has 0 radical (unpaired) electrons. The fraction of sp³-hybridized carbons (Fsp3) is 0.750. The maximum atomic E-state index is 11.2. The van der Waals surface area contributed by atoms with E-state index in [0.717, 1.165) is 12.8 Å². The van der Waals surface area contributed by atoms with E-state index < -0.39 is 0 Å². The smallest absolute Gasteiger partial charge is 0.251 e. The summed E-state index contributed by atoms with van der Waals surface area (Å²) < 4.78 is 0. The Balaban J connectivity index is 2.56. The predicted molar refractivity (Wildman–Crippen MR) is 47.6 cm³/mol. The van der Waals surface area contributed by atoms with E-state index in [1.54, 1.807) is 0 Å². The van der Waals surface area contributed by atoms with E-state index in [-0.39, 0.29) is 23.8 Å². The summed E-state index contributed by atoms with van der Waals surface area (Å²) in [6.07, 6.45) is 2.08. The topological polar surface area (TPSA) is 67.5 Å². The van der Waals surface area contributed by atoms with Crippen molar-refractivity contribution in [1.29, 1.82) is 0 Å². The Bertz CT molecular complexity index is 212. The molecule has 0 saturated carbocycles. The average molecular weight is 169 g/mol. The summed E-state index contributed by atoms with van der Waals surface area (Å²) in [4.78, 5) is 15.2. The van der Waals surface area contributed by atoms with Crippen LogP contribution < -0.4 is 11.1 Å². The van der Waals surface area contributed by atoms with Crippen LogP contribution in [-0.2, 0) is 4.79 Å². The Hall–Kier alpha value is -1.06. The number of guanidine groups is 1. The van der Waals surface area contributed by atoms with E-state index in [0.29, 0.717) is 0 Å². The van der Waals surface area contributed by atoms with Crippen molar-refractivity contribution in [1.82, 2.24) is 5.32 Å². The molecule has 2 unspecified atom stereocenters. The number of rotatable bonds is 3. The molecule has 0 spiro atoms. The zero-order valence-corrected chi connectivity index (χ0v) is 7.50. The minimum atomic E-state index is -0.259. The second-order valence-electron chi connectivity index (χ2n) is 3.21. The molecule has 0 aromatic carbocycles. The first-order valence-corrected chi connectivity index (χ1v) is 4.29. The predicted octanol–water partition coefficient (Wildman–Crippen LogP) is 0.236. The van der Waals surface area contributed by atoms with E-state index in [1.807, 2.05) is 6.92 Å². The Kier molecular flexibility index (Phi) is 2.68. The van der Waals surface area contributed by atoms with Gasteiger partial charge in [-0.3, -0.25) is 10.1 Å². The van der Waals surface area contributed by atoms with Crippen LogP contribution in [0.3, 0.4) is 0 Å². The molecule has 1 rings (SSSR count). The van der Waals surface area contributed by atoms with Crippen molar-refractivity contribution in [3.05, 3.63) is 0 Å². The maximum Gasteiger partial charge on any atom is 0.251 e. The number of nitrogens with two attached hydrogens (primary N) is 1. The van der Waals surface area contributed by atoms with Crippen molar-refractivity contribution < 1.29 is 4.79 Å². The average Bonchev–Trinajstić information content (AvgIpc) is 2.30. The molecule has 2 atom stereocenters.